The fourth-order valence-corrected chi connectivity index (χ4v) is 1.63. The minimum atomic E-state index is -3.04. The molecule has 0 aromatic heterocycles. The van der Waals surface area contributed by atoms with E-state index < -0.39 is 18.1 Å². The molecule has 0 fully saturated rings. The molecule has 0 aliphatic carbocycles. The number of halogens is 3. The topological polar surface area (TPSA) is 82.8 Å². The molecule has 1 aromatic carbocycles. The number of alkyl halides is 2. The lowest BCUT2D eigenvalue weighted by atomic mass is 10.1. The molecule has 0 spiro atoms. The van der Waals surface area contributed by atoms with E-state index in [-0.39, 0.29) is 41.8 Å². The van der Waals surface area contributed by atoms with Crippen LogP contribution >= 0.6 is 12.4 Å². The summed E-state index contributed by atoms with van der Waals surface area (Å²) in [6.07, 6.45) is 0. The van der Waals surface area contributed by atoms with Gasteiger partial charge in [-0.2, -0.15) is 8.78 Å². The van der Waals surface area contributed by atoms with Crippen LogP contribution in [0.3, 0.4) is 0 Å². The third-order valence-corrected chi connectivity index (χ3v) is 2.63. The van der Waals surface area contributed by atoms with Crippen LogP contribution in [0.2, 0.25) is 0 Å². The summed E-state index contributed by atoms with van der Waals surface area (Å²) < 4.78 is 39.2. The first-order chi connectivity index (χ1) is 10.2. The van der Waals surface area contributed by atoms with Gasteiger partial charge in [-0.05, 0) is 26.0 Å². The summed E-state index contributed by atoms with van der Waals surface area (Å²) in [5.74, 6) is -0.761. The fraction of sp³-hybridized carbons (Fsp3) is 0.500. The Hall–Kier alpha value is -1.80. The molecule has 0 aliphatic heterocycles. The average molecular weight is 355 g/mol. The standard InChI is InChI=1S/C14H20F2N2O4.ClH/c1-14(2,17)7-18-12(19)8-5-9(20-3)11(22-13(15)16)10(6-8)21-4;/h5-6,13H,7,17H2,1-4H3,(H,18,19);1H. The van der Waals surface area contributed by atoms with E-state index in [1.807, 2.05) is 0 Å². The number of rotatable bonds is 7. The number of carbonyl (C=O) groups is 1. The third kappa shape index (κ3) is 6.45. The molecule has 0 aliphatic rings. The normalized spacial score (nSPS) is 10.8. The summed E-state index contributed by atoms with van der Waals surface area (Å²) in [5.41, 5.74) is 5.38. The molecular formula is C14H21ClF2N2O4. The molecule has 0 bridgehead atoms. The van der Waals surface area contributed by atoms with E-state index in [0.717, 1.165) is 0 Å². The summed E-state index contributed by atoms with van der Waals surface area (Å²) >= 11 is 0. The molecule has 23 heavy (non-hydrogen) atoms. The van der Waals surface area contributed by atoms with Gasteiger partial charge in [0.25, 0.3) is 5.91 Å². The van der Waals surface area contributed by atoms with Crippen molar-refractivity contribution < 1.29 is 27.8 Å². The maximum atomic E-state index is 12.4. The van der Waals surface area contributed by atoms with Gasteiger partial charge >= 0.3 is 6.61 Å². The van der Waals surface area contributed by atoms with Crippen LogP contribution in [0.1, 0.15) is 24.2 Å². The maximum Gasteiger partial charge on any atom is 0.387 e. The van der Waals surface area contributed by atoms with E-state index in [1.165, 1.54) is 26.4 Å². The maximum absolute atomic E-state index is 12.4. The van der Waals surface area contributed by atoms with Gasteiger partial charge in [-0.3, -0.25) is 4.79 Å². The Kier molecular flexibility index (Phi) is 8.05. The largest absolute Gasteiger partial charge is 0.493 e. The second kappa shape index (κ2) is 8.73. The molecule has 1 rings (SSSR count). The predicted octanol–water partition coefficient (Wildman–Crippen LogP) is 2.19. The highest BCUT2D eigenvalue weighted by Crippen LogP contribution is 2.39. The van der Waals surface area contributed by atoms with E-state index >= 15 is 0 Å². The van der Waals surface area contributed by atoms with Gasteiger partial charge in [0.1, 0.15) is 0 Å². The van der Waals surface area contributed by atoms with Crippen molar-refractivity contribution in [3.63, 3.8) is 0 Å². The molecule has 0 saturated carbocycles. The van der Waals surface area contributed by atoms with E-state index in [9.17, 15) is 13.6 Å². The zero-order chi connectivity index (χ0) is 16.9. The minimum absolute atomic E-state index is 0. The van der Waals surface area contributed by atoms with E-state index in [1.54, 1.807) is 13.8 Å². The van der Waals surface area contributed by atoms with Gasteiger partial charge in [0.15, 0.2) is 11.5 Å². The Balaban J connectivity index is 0.00000484. The summed E-state index contributed by atoms with van der Waals surface area (Å²) in [6.45, 7) is 0.717. The first-order valence-electron chi connectivity index (χ1n) is 6.46. The average Bonchev–Trinajstić information content (AvgIpc) is 2.43. The highest BCUT2D eigenvalue weighted by Gasteiger charge is 2.21. The van der Waals surface area contributed by atoms with E-state index in [2.05, 4.69) is 10.1 Å². The van der Waals surface area contributed by atoms with Crippen LogP contribution in [0.25, 0.3) is 0 Å². The van der Waals surface area contributed by atoms with Crippen LogP contribution in [0.15, 0.2) is 12.1 Å². The Bertz CT molecular complexity index is 511. The molecule has 0 atom stereocenters. The van der Waals surface area contributed by atoms with Gasteiger partial charge in [-0.1, -0.05) is 0 Å². The first-order valence-corrected chi connectivity index (χ1v) is 6.46. The molecule has 1 aromatic rings. The lowest BCUT2D eigenvalue weighted by Crippen LogP contribution is -2.45. The fourth-order valence-electron chi connectivity index (χ4n) is 1.63. The van der Waals surface area contributed by atoms with Crippen molar-refractivity contribution in [2.75, 3.05) is 20.8 Å². The zero-order valence-corrected chi connectivity index (χ0v) is 14.1. The van der Waals surface area contributed by atoms with Crippen molar-refractivity contribution in [3.05, 3.63) is 17.7 Å². The number of nitrogens with two attached hydrogens (primary N) is 1. The van der Waals surface area contributed by atoms with Crippen molar-refractivity contribution in [2.24, 2.45) is 5.73 Å². The zero-order valence-electron chi connectivity index (χ0n) is 13.3. The van der Waals surface area contributed by atoms with Crippen molar-refractivity contribution in [1.82, 2.24) is 5.32 Å². The van der Waals surface area contributed by atoms with Gasteiger partial charge < -0.3 is 25.3 Å². The molecule has 0 heterocycles. The van der Waals surface area contributed by atoms with Gasteiger partial charge in [0.2, 0.25) is 5.75 Å². The molecule has 0 unspecified atom stereocenters. The number of methoxy groups -OCH3 is 2. The Morgan fingerprint density at radius 3 is 2.09 bits per heavy atom. The summed E-state index contributed by atoms with van der Waals surface area (Å²) in [6, 6.07) is 2.58. The van der Waals surface area contributed by atoms with Crippen LogP contribution in [-0.4, -0.2) is 38.8 Å². The number of hydrogen-bond acceptors (Lipinski definition) is 5. The van der Waals surface area contributed by atoms with Crippen molar-refractivity contribution in [3.8, 4) is 17.2 Å². The second-order valence-corrected chi connectivity index (χ2v) is 5.26. The summed E-state index contributed by atoms with van der Waals surface area (Å²) in [7, 11) is 2.55. The SMILES string of the molecule is COc1cc(C(=O)NCC(C)(C)N)cc(OC)c1OC(F)F.Cl. The third-order valence-electron chi connectivity index (χ3n) is 2.63. The van der Waals surface area contributed by atoms with Crippen LogP contribution in [0.5, 0.6) is 17.2 Å². The monoisotopic (exact) mass is 354 g/mol. The molecule has 1 amide bonds. The van der Waals surface area contributed by atoms with Gasteiger partial charge in [-0.15, -0.1) is 12.4 Å². The lowest BCUT2D eigenvalue weighted by Gasteiger charge is -2.19. The van der Waals surface area contributed by atoms with Gasteiger partial charge in [-0.25, -0.2) is 0 Å². The summed E-state index contributed by atoms with van der Waals surface area (Å²) in [5, 5.41) is 2.64. The van der Waals surface area contributed by atoms with Crippen LogP contribution in [0, 0.1) is 0 Å². The lowest BCUT2D eigenvalue weighted by molar-refractivity contribution is -0.0526. The van der Waals surface area contributed by atoms with Crippen molar-refractivity contribution in [1.29, 1.82) is 0 Å². The number of carbonyl (C=O) groups excluding carboxylic acids is 1. The van der Waals surface area contributed by atoms with Gasteiger partial charge in [0, 0.05) is 17.6 Å². The number of hydrogen-bond donors (Lipinski definition) is 2. The number of ether oxygens (including phenoxy) is 3. The molecular weight excluding hydrogens is 334 g/mol. The van der Waals surface area contributed by atoms with Crippen molar-refractivity contribution >= 4 is 18.3 Å². The molecule has 0 radical (unpaired) electrons. The van der Waals surface area contributed by atoms with Crippen LogP contribution < -0.4 is 25.3 Å². The highest BCUT2D eigenvalue weighted by molar-refractivity contribution is 5.95. The number of benzene rings is 1. The van der Waals surface area contributed by atoms with Crippen molar-refractivity contribution in [2.45, 2.75) is 26.0 Å². The Morgan fingerprint density at radius 2 is 1.74 bits per heavy atom. The number of amides is 1. The Labute approximate surface area is 139 Å². The Morgan fingerprint density at radius 1 is 1.26 bits per heavy atom. The quantitative estimate of drug-likeness (QED) is 0.784. The molecule has 0 saturated heterocycles. The first kappa shape index (κ1) is 21.2. The molecule has 6 nitrogen and oxygen atoms in total. The highest BCUT2D eigenvalue weighted by atomic mass is 35.5. The molecule has 132 valence electrons. The van der Waals surface area contributed by atoms with E-state index in [0.29, 0.717) is 0 Å². The summed E-state index contributed by atoms with van der Waals surface area (Å²) in [4.78, 5) is 12.1. The predicted molar refractivity (Wildman–Crippen MR) is 84.0 cm³/mol. The van der Waals surface area contributed by atoms with E-state index in [4.69, 9.17) is 15.2 Å². The van der Waals surface area contributed by atoms with Crippen LogP contribution in [0.4, 0.5) is 8.78 Å². The second-order valence-electron chi connectivity index (χ2n) is 5.26. The number of nitrogens with one attached hydrogen (secondary N) is 1. The van der Waals surface area contributed by atoms with Gasteiger partial charge in [0.05, 0.1) is 14.2 Å². The smallest absolute Gasteiger partial charge is 0.387 e. The van der Waals surface area contributed by atoms with Crippen LogP contribution in [-0.2, 0) is 0 Å². The molecule has 3 N–H and O–H groups in total. The minimum Gasteiger partial charge on any atom is -0.493 e. The molecule has 9 heteroatoms.